The average Bonchev–Trinajstić information content (AvgIpc) is 2.39. The molecule has 2 N–H and O–H groups in total. The minimum Gasteiger partial charge on any atom is -0.369 e. The van der Waals surface area contributed by atoms with Crippen LogP contribution in [-0.4, -0.2) is 42.5 Å². The van der Waals surface area contributed by atoms with E-state index in [1.807, 2.05) is 0 Å². The predicted octanol–water partition coefficient (Wildman–Crippen LogP) is 2.05. The van der Waals surface area contributed by atoms with Crippen LogP contribution in [-0.2, 0) is 9.84 Å². The Morgan fingerprint density at radius 3 is 2.85 bits per heavy atom. The van der Waals surface area contributed by atoms with E-state index in [0.29, 0.717) is 18.0 Å². The Balaban J connectivity index is 2.09. The van der Waals surface area contributed by atoms with Gasteiger partial charge in [-0.2, -0.15) is 0 Å². The zero-order valence-electron chi connectivity index (χ0n) is 11.4. The lowest BCUT2D eigenvalue weighted by Gasteiger charge is -2.24. The molecule has 0 aromatic carbocycles. The summed E-state index contributed by atoms with van der Waals surface area (Å²) in [5, 5.41) is 6.40. The van der Waals surface area contributed by atoms with E-state index in [0.717, 1.165) is 29.7 Å². The van der Waals surface area contributed by atoms with Crippen molar-refractivity contribution >= 4 is 37.4 Å². The highest BCUT2D eigenvalue weighted by Gasteiger charge is 2.25. The van der Waals surface area contributed by atoms with Crippen LogP contribution in [0.15, 0.2) is 10.8 Å². The quantitative estimate of drug-likeness (QED) is 0.833. The highest BCUT2D eigenvalue weighted by atomic mass is 79.9. The summed E-state index contributed by atoms with van der Waals surface area (Å²) in [6.07, 6.45) is 4.01. The number of sulfone groups is 1. The van der Waals surface area contributed by atoms with Crippen LogP contribution in [0.25, 0.3) is 0 Å². The first-order valence-corrected chi connectivity index (χ1v) is 9.34. The Kier molecular flexibility index (Phi) is 5.20. The normalized spacial score (nSPS) is 21.4. The van der Waals surface area contributed by atoms with Gasteiger partial charge in [0.05, 0.1) is 11.5 Å². The fourth-order valence-electron chi connectivity index (χ4n) is 2.17. The summed E-state index contributed by atoms with van der Waals surface area (Å²) in [6.45, 7) is 2.90. The Hall–Kier alpha value is -0.890. The van der Waals surface area contributed by atoms with Gasteiger partial charge in [0.25, 0.3) is 0 Å². The smallest absolute Gasteiger partial charge is 0.152 e. The molecule has 1 aromatic heterocycles. The molecule has 0 aliphatic carbocycles. The standard InChI is InChI=1S/C12H19BrN4O2S/c1-2-5-14-11-10(13)12(16-8-15-11)17-9-4-3-6-20(18,19)7-9/h8-9H,2-7H2,1H3,(H2,14,15,16,17). The summed E-state index contributed by atoms with van der Waals surface area (Å²) in [7, 11) is -2.93. The van der Waals surface area contributed by atoms with Crippen molar-refractivity contribution in [3.63, 3.8) is 0 Å². The second-order valence-corrected chi connectivity index (χ2v) is 7.93. The van der Waals surface area contributed by atoms with Crippen LogP contribution in [0.3, 0.4) is 0 Å². The van der Waals surface area contributed by atoms with Crippen LogP contribution in [0.1, 0.15) is 26.2 Å². The van der Waals surface area contributed by atoms with Crippen molar-refractivity contribution in [2.75, 3.05) is 28.7 Å². The molecule has 0 radical (unpaired) electrons. The zero-order valence-corrected chi connectivity index (χ0v) is 13.8. The maximum absolute atomic E-state index is 11.6. The van der Waals surface area contributed by atoms with Crippen LogP contribution in [0.4, 0.5) is 11.6 Å². The number of anilines is 2. The molecule has 1 aliphatic rings. The van der Waals surface area contributed by atoms with E-state index in [2.05, 4.69) is 43.5 Å². The van der Waals surface area contributed by atoms with Gasteiger partial charge in [-0.25, -0.2) is 18.4 Å². The van der Waals surface area contributed by atoms with E-state index in [9.17, 15) is 8.42 Å². The lowest BCUT2D eigenvalue weighted by molar-refractivity contribution is 0.561. The van der Waals surface area contributed by atoms with Gasteiger partial charge < -0.3 is 10.6 Å². The molecule has 2 heterocycles. The van der Waals surface area contributed by atoms with E-state index in [1.165, 1.54) is 6.33 Å². The van der Waals surface area contributed by atoms with Gasteiger partial charge in [-0.1, -0.05) is 6.92 Å². The highest BCUT2D eigenvalue weighted by Crippen LogP contribution is 2.28. The van der Waals surface area contributed by atoms with Gasteiger partial charge in [-0.15, -0.1) is 0 Å². The Labute approximate surface area is 127 Å². The third kappa shape index (κ3) is 4.05. The first-order valence-electron chi connectivity index (χ1n) is 6.73. The second-order valence-electron chi connectivity index (χ2n) is 4.91. The average molecular weight is 363 g/mol. The SMILES string of the molecule is CCCNc1ncnc(NC2CCCS(=O)(=O)C2)c1Br. The molecule has 1 fully saturated rings. The van der Waals surface area contributed by atoms with Crippen molar-refractivity contribution in [1.82, 2.24) is 9.97 Å². The van der Waals surface area contributed by atoms with Crippen molar-refractivity contribution in [2.45, 2.75) is 32.2 Å². The minimum atomic E-state index is -2.93. The van der Waals surface area contributed by atoms with Gasteiger partial charge >= 0.3 is 0 Å². The van der Waals surface area contributed by atoms with Crippen molar-refractivity contribution in [3.8, 4) is 0 Å². The summed E-state index contributed by atoms with van der Waals surface area (Å²) in [4.78, 5) is 8.36. The second kappa shape index (κ2) is 6.71. The van der Waals surface area contributed by atoms with E-state index >= 15 is 0 Å². The van der Waals surface area contributed by atoms with E-state index in [-0.39, 0.29) is 11.8 Å². The fourth-order valence-corrected chi connectivity index (χ4v) is 4.26. The molecule has 0 spiro atoms. The molecule has 0 bridgehead atoms. The molecule has 1 atom stereocenters. The lowest BCUT2D eigenvalue weighted by atomic mass is 10.2. The van der Waals surface area contributed by atoms with Gasteiger partial charge in [-0.05, 0) is 35.2 Å². The van der Waals surface area contributed by atoms with Crippen LogP contribution in [0.2, 0.25) is 0 Å². The van der Waals surface area contributed by atoms with Gasteiger partial charge in [0.1, 0.15) is 22.4 Å². The van der Waals surface area contributed by atoms with Crippen LogP contribution >= 0.6 is 15.9 Å². The number of hydrogen-bond acceptors (Lipinski definition) is 6. The molecule has 0 amide bonds. The fraction of sp³-hybridized carbons (Fsp3) is 0.667. The molecule has 112 valence electrons. The number of halogens is 1. The Morgan fingerprint density at radius 2 is 2.15 bits per heavy atom. The summed E-state index contributed by atoms with van der Waals surface area (Å²) in [6, 6.07) is -0.0843. The minimum absolute atomic E-state index is 0.0843. The molecule has 6 nitrogen and oxygen atoms in total. The van der Waals surface area contributed by atoms with E-state index in [1.54, 1.807) is 0 Å². The van der Waals surface area contributed by atoms with Crippen molar-refractivity contribution in [1.29, 1.82) is 0 Å². The Morgan fingerprint density at radius 1 is 1.40 bits per heavy atom. The van der Waals surface area contributed by atoms with Crippen LogP contribution in [0, 0.1) is 0 Å². The van der Waals surface area contributed by atoms with Crippen LogP contribution in [0.5, 0.6) is 0 Å². The number of hydrogen-bond donors (Lipinski definition) is 2. The van der Waals surface area contributed by atoms with Gasteiger partial charge in [-0.3, -0.25) is 0 Å². The molecule has 20 heavy (non-hydrogen) atoms. The molecule has 1 saturated heterocycles. The van der Waals surface area contributed by atoms with Crippen molar-refractivity contribution < 1.29 is 8.42 Å². The van der Waals surface area contributed by atoms with Crippen molar-refractivity contribution in [2.24, 2.45) is 0 Å². The first-order chi connectivity index (χ1) is 9.52. The van der Waals surface area contributed by atoms with Gasteiger partial charge in [0.15, 0.2) is 9.84 Å². The van der Waals surface area contributed by atoms with Crippen LogP contribution < -0.4 is 10.6 Å². The molecule has 0 saturated carbocycles. The highest BCUT2D eigenvalue weighted by molar-refractivity contribution is 9.10. The van der Waals surface area contributed by atoms with Gasteiger partial charge in [0, 0.05) is 12.6 Å². The molecular formula is C12H19BrN4O2S. The number of aromatic nitrogens is 2. The van der Waals surface area contributed by atoms with E-state index < -0.39 is 9.84 Å². The maximum Gasteiger partial charge on any atom is 0.152 e. The number of rotatable bonds is 5. The molecule has 1 aliphatic heterocycles. The zero-order chi connectivity index (χ0) is 14.6. The summed E-state index contributed by atoms with van der Waals surface area (Å²) in [5.41, 5.74) is 0. The monoisotopic (exact) mass is 362 g/mol. The Bertz CT molecular complexity index is 565. The molecule has 1 unspecified atom stereocenters. The maximum atomic E-state index is 11.6. The predicted molar refractivity (Wildman–Crippen MR) is 83.8 cm³/mol. The number of nitrogens with zero attached hydrogens (tertiary/aromatic N) is 2. The molecule has 2 rings (SSSR count). The summed E-state index contributed by atoms with van der Waals surface area (Å²) >= 11 is 3.47. The third-order valence-electron chi connectivity index (χ3n) is 3.14. The molecule has 1 aromatic rings. The molecular weight excluding hydrogens is 344 g/mol. The van der Waals surface area contributed by atoms with E-state index in [4.69, 9.17) is 0 Å². The summed E-state index contributed by atoms with van der Waals surface area (Å²) in [5.74, 6) is 1.82. The molecule has 8 heteroatoms. The van der Waals surface area contributed by atoms with Gasteiger partial charge in [0.2, 0.25) is 0 Å². The van der Waals surface area contributed by atoms with Crippen molar-refractivity contribution in [3.05, 3.63) is 10.8 Å². The first kappa shape index (κ1) is 15.5. The third-order valence-corrected chi connectivity index (χ3v) is 5.71. The number of nitrogens with one attached hydrogen (secondary N) is 2. The largest absolute Gasteiger partial charge is 0.369 e. The topological polar surface area (TPSA) is 84.0 Å². The summed E-state index contributed by atoms with van der Waals surface area (Å²) < 4.78 is 24.0. The lowest BCUT2D eigenvalue weighted by Crippen LogP contribution is -2.35.